The van der Waals surface area contributed by atoms with Crippen molar-refractivity contribution in [3.8, 4) is 0 Å². The number of halogens is 1. The van der Waals surface area contributed by atoms with Crippen molar-refractivity contribution < 1.29 is 14.3 Å². The van der Waals surface area contributed by atoms with Crippen molar-refractivity contribution in [2.24, 2.45) is 0 Å². The van der Waals surface area contributed by atoms with Crippen molar-refractivity contribution in [3.05, 3.63) is 35.1 Å². The Morgan fingerprint density at radius 3 is 2.58 bits per heavy atom. The molecule has 1 aliphatic rings. The van der Waals surface area contributed by atoms with E-state index in [9.17, 15) is 9.18 Å². The number of piperazine rings is 1. The third-order valence-corrected chi connectivity index (χ3v) is 3.49. The SMILES string of the molecule is Cc1cc(F)ccc1C(=O)N1CCN(CCO)CC1. The van der Waals surface area contributed by atoms with Gasteiger partial charge in [0.15, 0.2) is 0 Å². The van der Waals surface area contributed by atoms with Gasteiger partial charge in [0, 0.05) is 38.3 Å². The zero-order valence-electron chi connectivity index (χ0n) is 11.1. The summed E-state index contributed by atoms with van der Waals surface area (Å²) in [5.74, 6) is -0.358. The molecule has 1 heterocycles. The van der Waals surface area contributed by atoms with E-state index in [0.717, 1.165) is 13.1 Å². The Bertz CT molecular complexity index is 457. The van der Waals surface area contributed by atoms with Crippen LogP contribution in [0.4, 0.5) is 4.39 Å². The number of β-amino-alcohol motifs (C(OH)–C–C–N with tert-alkyl or cyclic N) is 1. The molecule has 1 fully saturated rings. The molecule has 0 aliphatic carbocycles. The van der Waals surface area contributed by atoms with Gasteiger partial charge in [0.1, 0.15) is 5.82 Å². The third kappa shape index (κ3) is 3.30. The Hall–Kier alpha value is -1.46. The maximum absolute atomic E-state index is 13.0. The van der Waals surface area contributed by atoms with E-state index in [1.807, 2.05) is 0 Å². The van der Waals surface area contributed by atoms with Crippen molar-refractivity contribution >= 4 is 5.91 Å². The number of amides is 1. The first-order valence-corrected chi connectivity index (χ1v) is 6.50. The Morgan fingerprint density at radius 2 is 2.00 bits per heavy atom. The second-order valence-electron chi connectivity index (χ2n) is 4.82. The number of hydrogen-bond acceptors (Lipinski definition) is 3. The highest BCUT2D eigenvalue weighted by Gasteiger charge is 2.22. The summed E-state index contributed by atoms with van der Waals surface area (Å²) < 4.78 is 13.0. The first-order chi connectivity index (χ1) is 9.11. The van der Waals surface area contributed by atoms with Crippen LogP contribution in [0.2, 0.25) is 0 Å². The number of rotatable bonds is 3. The molecule has 4 nitrogen and oxygen atoms in total. The number of aliphatic hydroxyl groups excluding tert-OH is 1. The van der Waals surface area contributed by atoms with E-state index in [-0.39, 0.29) is 18.3 Å². The molecule has 1 aromatic carbocycles. The second kappa shape index (κ2) is 6.12. The molecule has 2 rings (SSSR count). The predicted molar refractivity (Wildman–Crippen MR) is 70.6 cm³/mol. The molecular weight excluding hydrogens is 247 g/mol. The molecule has 0 atom stereocenters. The van der Waals surface area contributed by atoms with Crippen molar-refractivity contribution in [1.82, 2.24) is 9.80 Å². The van der Waals surface area contributed by atoms with Crippen LogP contribution < -0.4 is 0 Å². The highest BCUT2D eigenvalue weighted by Crippen LogP contribution is 2.14. The minimum absolute atomic E-state index is 0.0406. The molecule has 0 spiro atoms. The van der Waals surface area contributed by atoms with Crippen LogP contribution in [0.1, 0.15) is 15.9 Å². The number of aryl methyl sites for hydroxylation is 1. The molecule has 1 amide bonds. The Kier molecular flexibility index (Phi) is 4.50. The smallest absolute Gasteiger partial charge is 0.254 e. The Balaban J connectivity index is 2.01. The first kappa shape index (κ1) is 14.0. The normalized spacial score (nSPS) is 16.7. The van der Waals surface area contributed by atoms with Crippen LogP contribution in [-0.2, 0) is 0 Å². The van der Waals surface area contributed by atoms with E-state index in [1.54, 1.807) is 17.9 Å². The van der Waals surface area contributed by atoms with Crippen molar-refractivity contribution in [1.29, 1.82) is 0 Å². The number of benzene rings is 1. The van der Waals surface area contributed by atoms with E-state index in [2.05, 4.69) is 4.90 Å². The summed E-state index contributed by atoms with van der Waals surface area (Å²) in [6.45, 7) is 5.38. The lowest BCUT2D eigenvalue weighted by atomic mass is 10.1. The van der Waals surface area contributed by atoms with Crippen LogP contribution in [0, 0.1) is 12.7 Å². The van der Waals surface area contributed by atoms with Crippen LogP contribution in [0.25, 0.3) is 0 Å². The molecule has 1 aliphatic heterocycles. The molecule has 0 bridgehead atoms. The van der Waals surface area contributed by atoms with E-state index in [4.69, 9.17) is 5.11 Å². The molecule has 1 saturated heterocycles. The molecule has 5 heteroatoms. The summed E-state index contributed by atoms with van der Waals surface area (Å²) in [5, 5.41) is 8.88. The molecular formula is C14H19FN2O2. The summed E-state index contributed by atoms with van der Waals surface area (Å²) in [6.07, 6.45) is 0. The largest absolute Gasteiger partial charge is 0.395 e. The van der Waals surface area contributed by atoms with Gasteiger partial charge in [0.25, 0.3) is 5.91 Å². The van der Waals surface area contributed by atoms with E-state index in [0.29, 0.717) is 30.8 Å². The van der Waals surface area contributed by atoms with Crippen LogP contribution >= 0.6 is 0 Å². The summed E-state index contributed by atoms with van der Waals surface area (Å²) in [4.78, 5) is 16.2. The van der Waals surface area contributed by atoms with Gasteiger partial charge in [-0.3, -0.25) is 9.69 Å². The monoisotopic (exact) mass is 266 g/mol. The average Bonchev–Trinajstić information content (AvgIpc) is 2.39. The lowest BCUT2D eigenvalue weighted by molar-refractivity contribution is 0.0614. The lowest BCUT2D eigenvalue weighted by Crippen LogP contribution is -2.49. The molecule has 0 radical (unpaired) electrons. The fraction of sp³-hybridized carbons (Fsp3) is 0.500. The number of carbonyl (C=O) groups excluding carboxylic acids is 1. The first-order valence-electron chi connectivity index (χ1n) is 6.50. The second-order valence-corrected chi connectivity index (χ2v) is 4.82. The van der Waals surface area contributed by atoms with Gasteiger partial charge in [-0.15, -0.1) is 0 Å². The minimum atomic E-state index is -0.318. The van der Waals surface area contributed by atoms with Gasteiger partial charge < -0.3 is 10.0 Å². The van der Waals surface area contributed by atoms with Crippen molar-refractivity contribution in [3.63, 3.8) is 0 Å². The number of nitrogens with zero attached hydrogens (tertiary/aromatic N) is 2. The topological polar surface area (TPSA) is 43.8 Å². The number of aliphatic hydroxyl groups is 1. The fourth-order valence-corrected chi connectivity index (χ4v) is 2.35. The molecule has 19 heavy (non-hydrogen) atoms. The highest BCUT2D eigenvalue weighted by atomic mass is 19.1. The van der Waals surface area contributed by atoms with Crippen LogP contribution in [0.3, 0.4) is 0 Å². The Labute approximate surface area is 112 Å². The number of hydrogen-bond donors (Lipinski definition) is 1. The summed E-state index contributed by atoms with van der Waals surface area (Å²) >= 11 is 0. The van der Waals surface area contributed by atoms with Crippen molar-refractivity contribution in [2.45, 2.75) is 6.92 Å². The van der Waals surface area contributed by atoms with Gasteiger partial charge in [-0.25, -0.2) is 4.39 Å². The standard InChI is InChI=1S/C14H19FN2O2/c1-11-10-12(15)2-3-13(11)14(19)17-6-4-16(5-7-17)8-9-18/h2-3,10,18H,4-9H2,1H3. The zero-order chi connectivity index (χ0) is 13.8. The molecule has 0 saturated carbocycles. The summed E-state index contributed by atoms with van der Waals surface area (Å²) in [5.41, 5.74) is 1.24. The molecule has 104 valence electrons. The van der Waals surface area contributed by atoms with Gasteiger partial charge in [-0.1, -0.05) is 0 Å². The van der Waals surface area contributed by atoms with Gasteiger partial charge in [0.2, 0.25) is 0 Å². The molecule has 1 N–H and O–H groups in total. The summed E-state index contributed by atoms with van der Waals surface area (Å²) in [7, 11) is 0. The van der Waals surface area contributed by atoms with Crippen LogP contribution in [0.15, 0.2) is 18.2 Å². The van der Waals surface area contributed by atoms with Crippen LogP contribution in [0.5, 0.6) is 0 Å². The maximum atomic E-state index is 13.0. The lowest BCUT2D eigenvalue weighted by Gasteiger charge is -2.34. The number of carbonyl (C=O) groups is 1. The van der Waals surface area contributed by atoms with Gasteiger partial charge in [-0.05, 0) is 30.7 Å². The van der Waals surface area contributed by atoms with E-state index < -0.39 is 0 Å². The maximum Gasteiger partial charge on any atom is 0.254 e. The van der Waals surface area contributed by atoms with Gasteiger partial charge in [-0.2, -0.15) is 0 Å². The fourth-order valence-electron chi connectivity index (χ4n) is 2.35. The summed E-state index contributed by atoms with van der Waals surface area (Å²) in [6, 6.07) is 4.25. The predicted octanol–water partition coefficient (Wildman–Crippen LogP) is 0.884. The zero-order valence-corrected chi connectivity index (χ0v) is 11.1. The molecule has 1 aromatic rings. The third-order valence-electron chi connectivity index (χ3n) is 3.49. The average molecular weight is 266 g/mol. The molecule has 0 aromatic heterocycles. The van der Waals surface area contributed by atoms with Crippen molar-refractivity contribution in [2.75, 3.05) is 39.3 Å². The van der Waals surface area contributed by atoms with Crippen LogP contribution in [-0.4, -0.2) is 60.1 Å². The van der Waals surface area contributed by atoms with Gasteiger partial charge >= 0.3 is 0 Å². The quantitative estimate of drug-likeness (QED) is 0.883. The Morgan fingerprint density at radius 1 is 1.32 bits per heavy atom. The van der Waals surface area contributed by atoms with Gasteiger partial charge in [0.05, 0.1) is 6.61 Å². The molecule has 0 unspecified atom stereocenters. The minimum Gasteiger partial charge on any atom is -0.395 e. The van der Waals surface area contributed by atoms with E-state index >= 15 is 0 Å². The highest BCUT2D eigenvalue weighted by molar-refractivity contribution is 5.95. The van der Waals surface area contributed by atoms with E-state index in [1.165, 1.54) is 12.1 Å².